The largest absolute Gasteiger partial charge is 0.417 e. The molecule has 8 heteroatoms. The Bertz CT molecular complexity index is 757. The lowest BCUT2D eigenvalue weighted by Gasteiger charge is -2.28. The average molecular weight is 343 g/mol. The highest BCUT2D eigenvalue weighted by molar-refractivity contribution is 5.87. The van der Waals surface area contributed by atoms with Crippen LogP contribution in [-0.4, -0.2) is 37.3 Å². The first-order valence-corrected chi connectivity index (χ1v) is 7.78. The fourth-order valence-corrected chi connectivity index (χ4v) is 2.51. The fraction of sp³-hybridized carbons (Fsp3) is 0.235. The Morgan fingerprint density at radius 2 is 1.80 bits per heavy atom. The van der Waals surface area contributed by atoms with Crippen molar-refractivity contribution in [2.24, 2.45) is 0 Å². The van der Waals surface area contributed by atoms with Gasteiger partial charge >= 0.3 is 11.8 Å². The Morgan fingerprint density at radius 1 is 1.12 bits per heavy atom. The number of hydrogen-bond donors (Lipinski definition) is 1. The molecule has 1 saturated heterocycles. The summed E-state index contributed by atoms with van der Waals surface area (Å²) in [7, 11) is 0. The molecule has 8 nitrogen and oxygen atoms in total. The van der Waals surface area contributed by atoms with Gasteiger partial charge in [0.15, 0.2) is 0 Å². The normalized spacial score (nSPS) is 14.0. The van der Waals surface area contributed by atoms with Crippen molar-refractivity contribution in [2.75, 3.05) is 36.5 Å². The van der Waals surface area contributed by atoms with E-state index in [-0.39, 0.29) is 11.4 Å². The minimum atomic E-state index is -0.784. The molecule has 2 aromatic rings. The molecule has 1 N–H and O–H groups in total. The standard InChI is InChI=1S/C17H17N3O5/c21-17(25-16-4-2-1-3-15(16)20(22)23)18-13-5-7-14(8-6-13)19-9-11-24-12-10-19/h1-8H,9-12H2,(H,18,21). The molecule has 1 heterocycles. The number of anilines is 2. The number of hydrogen-bond acceptors (Lipinski definition) is 6. The summed E-state index contributed by atoms with van der Waals surface area (Å²) in [5, 5.41) is 13.5. The molecule has 0 atom stereocenters. The van der Waals surface area contributed by atoms with E-state index in [1.165, 1.54) is 18.2 Å². The van der Waals surface area contributed by atoms with Crippen molar-refractivity contribution < 1.29 is 19.2 Å². The minimum absolute atomic E-state index is 0.102. The summed E-state index contributed by atoms with van der Waals surface area (Å²) in [6.45, 7) is 3.04. The maximum absolute atomic E-state index is 12.0. The monoisotopic (exact) mass is 343 g/mol. The number of carbonyl (C=O) groups is 1. The van der Waals surface area contributed by atoms with Gasteiger partial charge in [0.25, 0.3) is 0 Å². The lowest BCUT2D eigenvalue weighted by Crippen LogP contribution is -2.36. The number of nitrogens with zero attached hydrogens (tertiary/aromatic N) is 2. The van der Waals surface area contributed by atoms with Crippen LogP contribution < -0.4 is 15.0 Å². The molecule has 0 aliphatic carbocycles. The molecule has 1 aliphatic heterocycles. The second kappa shape index (κ2) is 7.63. The van der Waals surface area contributed by atoms with Crippen LogP contribution in [0.15, 0.2) is 48.5 Å². The molecule has 0 aromatic heterocycles. The predicted octanol–water partition coefficient (Wildman–Crippen LogP) is 3.04. The van der Waals surface area contributed by atoms with E-state index in [1.807, 2.05) is 12.1 Å². The first-order chi connectivity index (χ1) is 12.1. The Kier molecular flexibility index (Phi) is 5.10. The number of carbonyl (C=O) groups excluding carboxylic acids is 1. The van der Waals surface area contributed by atoms with Gasteiger partial charge in [-0.15, -0.1) is 0 Å². The summed E-state index contributed by atoms with van der Waals surface area (Å²) in [4.78, 5) is 24.5. The van der Waals surface area contributed by atoms with Gasteiger partial charge in [0.1, 0.15) is 0 Å². The van der Waals surface area contributed by atoms with Gasteiger partial charge in [-0.05, 0) is 30.3 Å². The van der Waals surface area contributed by atoms with Gasteiger partial charge < -0.3 is 14.4 Å². The molecule has 1 aliphatic rings. The van der Waals surface area contributed by atoms with Crippen LogP contribution in [-0.2, 0) is 4.74 Å². The Morgan fingerprint density at radius 3 is 2.48 bits per heavy atom. The number of para-hydroxylation sites is 2. The van der Waals surface area contributed by atoms with E-state index < -0.39 is 11.0 Å². The number of rotatable bonds is 4. The quantitative estimate of drug-likeness (QED) is 0.677. The van der Waals surface area contributed by atoms with Crippen molar-refractivity contribution in [1.29, 1.82) is 0 Å². The molecule has 0 bridgehead atoms. The summed E-state index contributed by atoms with van der Waals surface area (Å²) < 4.78 is 10.4. The molecule has 130 valence electrons. The zero-order valence-electron chi connectivity index (χ0n) is 13.4. The molecular weight excluding hydrogens is 326 g/mol. The summed E-state index contributed by atoms with van der Waals surface area (Å²) in [5.41, 5.74) is 1.32. The number of ether oxygens (including phenoxy) is 2. The molecule has 0 radical (unpaired) electrons. The van der Waals surface area contributed by atoms with Gasteiger partial charge in [-0.3, -0.25) is 15.4 Å². The van der Waals surface area contributed by atoms with Crippen LogP contribution >= 0.6 is 0 Å². The van der Waals surface area contributed by atoms with Gasteiger partial charge in [-0.1, -0.05) is 12.1 Å². The summed E-state index contributed by atoms with van der Waals surface area (Å²) in [5.74, 6) is -0.102. The van der Waals surface area contributed by atoms with Crippen LogP contribution in [0.5, 0.6) is 5.75 Å². The third-order valence-electron chi connectivity index (χ3n) is 3.75. The van der Waals surface area contributed by atoms with Crippen molar-refractivity contribution in [3.63, 3.8) is 0 Å². The minimum Gasteiger partial charge on any atom is -0.403 e. The highest BCUT2D eigenvalue weighted by atomic mass is 16.6. The summed E-state index contributed by atoms with van der Waals surface area (Å²) in [6, 6.07) is 13.0. The first-order valence-electron chi connectivity index (χ1n) is 7.78. The van der Waals surface area contributed by atoms with Gasteiger partial charge in [-0.2, -0.15) is 0 Å². The fourth-order valence-electron chi connectivity index (χ4n) is 2.51. The molecule has 1 amide bonds. The van der Waals surface area contributed by atoms with E-state index in [0.29, 0.717) is 18.9 Å². The first kappa shape index (κ1) is 16.7. The van der Waals surface area contributed by atoms with Crippen LogP contribution in [0.4, 0.5) is 21.9 Å². The predicted molar refractivity (Wildman–Crippen MR) is 92.2 cm³/mol. The second-order valence-electron chi connectivity index (χ2n) is 5.39. The zero-order valence-corrected chi connectivity index (χ0v) is 13.4. The van der Waals surface area contributed by atoms with E-state index in [4.69, 9.17) is 9.47 Å². The molecule has 1 fully saturated rings. The Labute approximate surface area is 144 Å². The number of benzene rings is 2. The van der Waals surface area contributed by atoms with E-state index in [9.17, 15) is 14.9 Å². The number of morpholine rings is 1. The summed E-state index contributed by atoms with van der Waals surface area (Å²) >= 11 is 0. The third kappa shape index (κ3) is 4.24. The number of nitro benzene ring substituents is 1. The van der Waals surface area contributed by atoms with E-state index in [2.05, 4.69) is 10.2 Å². The Hall–Kier alpha value is -3.13. The molecule has 25 heavy (non-hydrogen) atoms. The third-order valence-corrected chi connectivity index (χ3v) is 3.75. The molecule has 0 unspecified atom stereocenters. The van der Waals surface area contributed by atoms with Gasteiger partial charge in [0, 0.05) is 30.5 Å². The Balaban J connectivity index is 1.62. The SMILES string of the molecule is O=C(Nc1ccc(N2CCOCC2)cc1)Oc1ccccc1[N+](=O)[O-]. The van der Waals surface area contributed by atoms with Crippen LogP contribution in [0, 0.1) is 10.1 Å². The second-order valence-corrected chi connectivity index (χ2v) is 5.39. The molecular formula is C17H17N3O5. The lowest BCUT2D eigenvalue weighted by molar-refractivity contribution is -0.385. The van der Waals surface area contributed by atoms with Gasteiger partial charge in [-0.25, -0.2) is 4.79 Å². The van der Waals surface area contributed by atoms with Crippen LogP contribution in [0.3, 0.4) is 0 Å². The van der Waals surface area contributed by atoms with Crippen molar-refractivity contribution in [3.05, 3.63) is 58.6 Å². The molecule has 3 rings (SSSR count). The van der Waals surface area contributed by atoms with E-state index in [0.717, 1.165) is 18.8 Å². The highest BCUT2D eigenvalue weighted by Gasteiger charge is 2.17. The maximum atomic E-state index is 12.0. The zero-order chi connectivity index (χ0) is 17.6. The number of amides is 1. The van der Waals surface area contributed by atoms with E-state index in [1.54, 1.807) is 18.2 Å². The number of nitrogens with one attached hydrogen (secondary N) is 1. The van der Waals surface area contributed by atoms with Crippen molar-refractivity contribution in [3.8, 4) is 5.75 Å². The topological polar surface area (TPSA) is 93.9 Å². The molecule has 0 spiro atoms. The molecule has 0 saturated carbocycles. The average Bonchev–Trinajstić information content (AvgIpc) is 2.63. The lowest BCUT2D eigenvalue weighted by atomic mass is 10.2. The van der Waals surface area contributed by atoms with Crippen LogP contribution in [0.1, 0.15) is 0 Å². The highest BCUT2D eigenvalue weighted by Crippen LogP contribution is 2.26. The van der Waals surface area contributed by atoms with Crippen LogP contribution in [0.25, 0.3) is 0 Å². The van der Waals surface area contributed by atoms with Crippen molar-refractivity contribution in [1.82, 2.24) is 0 Å². The van der Waals surface area contributed by atoms with Crippen LogP contribution in [0.2, 0.25) is 0 Å². The smallest absolute Gasteiger partial charge is 0.403 e. The molecule has 2 aromatic carbocycles. The van der Waals surface area contributed by atoms with Crippen molar-refractivity contribution in [2.45, 2.75) is 0 Å². The maximum Gasteiger partial charge on any atom is 0.417 e. The van der Waals surface area contributed by atoms with Gasteiger partial charge in [0.2, 0.25) is 5.75 Å². The number of nitro groups is 1. The summed E-state index contributed by atoms with van der Waals surface area (Å²) in [6.07, 6.45) is -0.784. The van der Waals surface area contributed by atoms with Gasteiger partial charge in [0.05, 0.1) is 18.1 Å². The van der Waals surface area contributed by atoms with Crippen molar-refractivity contribution >= 4 is 23.2 Å². The van der Waals surface area contributed by atoms with E-state index >= 15 is 0 Å².